The highest BCUT2D eigenvalue weighted by Gasteiger charge is 2.38. The largest absolute Gasteiger partial charge is 0.418 e. The number of alkyl halides is 3. The summed E-state index contributed by atoms with van der Waals surface area (Å²) < 4.78 is 65.6. The van der Waals surface area contributed by atoms with Crippen molar-refractivity contribution >= 4 is 10.0 Å². The summed E-state index contributed by atoms with van der Waals surface area (Å²) in [5.74, 6) is 0. The van der Waals surface area contributed by atoms with Crippen molar-refractivity contribution in [1.29, 1.82) is 0 Å². The number of hydrogen-bond acceptors (Lipinski definition) is 4. The average Bonchev–Trinajstić information content (AvgIpc) is 3.07. The maximum absolute atomic E-state index is 13.6. The molecule has 0 spiro atoms. The number of nitrogens with two attached hydrogens (primary N) is 1. The van der Waals surface area contributed by atoms with E-state index in [4.69, 9.17) is 5.14 Å². The molecule has 130 valence electrons. The first-order chi connectivity index (χ1) is 11.7. The van der Waals surface area contributed by atoms with Gasteiger partial charge in [0.2, 0.25) is 10.0 Å². The molecule has 10 heteroatoms. The molecule has 0 atom stereocenters. The Balaban J connectivity index is 2.42. The minimum Gasteiger partial charge on any atom is -0.256 e. The Kier molecular flexibility index (Phi) is 4.09. The van der Waals surface area contributed by atoms with Gasteiger partial charge in [-0.05, 0) is 30.3 Å². The number of nitrogens with zero attached hydrogens (tertiary/aromatic N) is 3. The molecule has 0 aliphatic heterocycles. The van der Waals surface area contributed by atoms with Gasteiger partial charge in [0.15, 0.2) is 0 Å². The zero-order valence-electron chi connectivity index (χ0n) is 12.5. The van der Waals surface area contributed by atoms with Gasteiger partial charge in [0, 0.05) is 24.2 Å². The van der Waals surface area contributed by atoms with E-state index in [9.17, 15) is 21.6 Å². The van der Waals surface area contributed by atoms with Gasteiger partial charge in [-0.3, -0.25) is 4.98 Å². The average molecular weight is 368 g/mol. The molecule has 1 aromatic carbocycles. The molecule has 0 aliphatic carbocycles. The smallest absolute Gasteiger partial charge is 0.256 e. The molecule has 0 saturated heterocycles. The summed E-state index contributed by atoms with van der Waals surface area (Å²) in [5, 5.41) is 8.88. The van der Waals surface area contributed by atoms with E-state index in [0.29, 0.717) is 0 Å². The lowest BCUT2D eigenvalue weighted by atomic mass is 10.0. The van der Waals surface area contributed by atoms with Crippen molar-refractivity contribution in [2.24, 2.45) is 5.14 Å². The van der Waals surface area contributed by atoms with Crippen LogP contribution in [0.2, 0.25) is 0 Å². The van der Waals surface area contributed by atoms with Gasteiger partial charge in [0.25, 0.3) is 0 Å². The van der Waals surface area contributed by atoms with Crippen LogP contribution in [-0.4, -0.2) is 23.2 Å². The van der Waals surface area contributed by atoms with Crippen LogP contribution >= 0.6 is 0 Å². The van der Waals surface area contributed by atoms with Gasteiger partial charge in [-0.1, -0.05) is 6.07 Å². The van der Waals surface area contributed by atoms with Crippen LogP contribution in [0, 0.1) is 0 Å². The van der Waals surface area contributed by atoms with E-state index in [0.717, 1.165) is 16.8 Å². The van der Waals surface area contributed by atoms with Gasteiger partial charge in [-0.2, -0.15) is 18.3 Å². The molecule has 0 radical (unpaired) electrons. The molecule has 3 rings (SSSR count). The zero-order chi connectivity index (χ0) is 18.2. The molecule has 2 N–H and O–H groups in total. The molecular formula is C15H11F3N4O2S. The van der Waals surface area contributed by atoms with Crippen molar-refractivity contribution in [2.75, 3.05) is 0 Å². The fourth-order valence-electron chi connectivity index (χ4n) is 2.36. The van der Waals surface area contributed by atoms with Crippen LogP contribution in [0.1, 0.15) is 5.56 Å². The lowest BCUT2D eigenvalue weighted by Gasteiger charge is -2.18. The maximum atomic E-state index is 13.6. The zero-order valence-corrected chi connectivity index (χ0v) is 13.3. The maximum Gasteiger partial charge on any atom is 0.418 e. The van der Waals surface area contributed by atoms with Crippen molar-refractivity contribution in [1.82, 2.24) is 14.8 Å². The van der Waals surface area contributed by atoms with Crippen LogP contribution in [-0.2, 0) is 16.2 Å². The van der Waals surface area contributed by atoms with E-state index < -0.39 is 32.3 Å². The van der Waals surface area contributed by atoms with Crippen LogP contribution in [0.25, 0.3) is 16.9 Å². The van der Waals surface area contributed by atoms with Gasteiger partial charge in [-0.15, -0.1) is 0 Å². The number of primary sulfonamides is 1. The Morgan fingerprint density at radius 1 is 1.08 bits per heavy atom. The van der Waals surface area contributed by atoms with Gasteiger partial charge in [-0.25, -0.2) is 18.2 Å². The van der Waals surface area contributed by atoms with Crippen LogP contribution in [0.4, 0.5) is 13.2 Å². The minimum atomic E-state index is -4.83. The lowest BCUT2D eigenvalue weighted by molar-refractivity contribution is -0.137. The van der Waals surface area contributed by atoms with E-state index in [-0.39, 0.29) is 11.3 Å². The number of rotatable bonds is 3. The molecule has 25 heavy (non-hydrogen) atoms. The quantitative estimate of drug-likeness (QED) is 0.769. The topological polar surface area (TPSA) is 90.9 Å². The van der Waals surface area contributed by atoms with Crippen molar-refractivity contribution in [2.45, 2.75) is 11.1 Å². The Hall–Kier alpha value is -2.72. The first-order valence-electron chi connectivity index (χ1n) is 6.87. The normalized spacial score (nSPS) is 12.3. The molecule has 0 fully saturated rings. The number of benzene rings is 1. The Morgan fingerprint density at radius 3 is 2.36 bits per heavy atom. The second-order valence-corrected chi connectivity index (χ2v) is 6.61. The molecule has 0 bridgehead atoms. The second kappa shape index (κ2) is 5.97. The third-order valence-corrected chi connectivity index (χ3v) is 4.31. The number of aromatic nitrogens is 3. The van der Waals surface area contributed by atoms with Crippen LogP contribution in [0.3, 0.4) is 0 Å². The molecule has 3 aromatic rings. The summed E-state index contributed by atoms with van der Waals surface area (Å²) >= 11 is 0. The molecule has 0 amide bonds. The molecule has 0 unspecified atom stereocenters. The van der Waals surface area contributed by atoms with Crippen molar-refractivity contribution in [3.8, 4) is 16.9 Å². The van der Waals surface area contributed by atoms with Crippen molar-refractivity contribution in [3.05, 3.63) is 60.6 Å². The van der Waals surface area contributed by atoms with Gasteiger partial charge < -0.3 is 0 Å². The fraction of sp³-hybridized carbons (Fsp3) is 0.0667. The van der Waals surface area contributed by atoms with Gasteiger partial charge >= 0.3 is 6.18 Å². The predicted octanol–water partition coefficient (Wildman–Crippen LogP) is 2.60. The van der Waals surface area contributed by atoms with E-state index >= 15 is 0 Å². The number of hydrogen-bond donors (Lipinski definition) is 1. The SMILES string of the molecule is NS(=O)(=O)c1cc(-c2ccccn2)cc(C(F)(F)F)c1-n1cccn1. The van der Waals surface area contributed by atoms with Crippen molar-refractivity contribution in [3.63, 3.8) is 0 Å². The number of pyridine rings is 1. The second-order valence-electron chi connectivity index (χ2n) is 5.08. The highest BCUT2D eigenvalue weighted by Crippen LogP contribution is 2.39. The summed E-state index contributed by atoms with van der Waals surface area (Å²) in [6.07, 6.45) is -0.994. The van der Waals surface area contributed by atoms with E-state index in [1.165, 1.54) is 30.7 Å². The van der Waals surface area contributed by atoms with Crippen LogP contribution < -0.4 is 5.14 Å². The minimum absolute atomic E-state index is 0.0205. The summed E-state index contributed by atoms with van der Waals surface area (Å²) in [6, 6.07) is 7.90. The molecule has 0 aliphatic rings. The standard InChI is InChI=1S/C15H11F3N4O2S/c16-15(17,18)11-8-10(12-4-1-2-5-20-12)9-13(25(19,23)24)14(11)22-7-3-6-21-22/h1-9H,(H2,19,23,24). The molecule has 2 aromatic heterocycles. The van der Waals surface area contributed by atoms with Crippen LogP contribution in [0.5, 0.6) is 0 Å². The first kappa shape index (κ1) is 17.1. The number of halogens is 3. The third-order valence-electron chi connectivity index (χ3n) is 3.38. The molecule has 0 saturated carbocycles. The Labute approximate surface area is 140 Å². The monoisotopic (exact) mass is 368 g/mol. The van der Waals surface area contributed by atoms with E-state index in [2.05, 4.69) is 10.1 Å². The van der Waals surface area contributed by atoms with Gasteiger partial charge in [0.05, 0.1) is 16.9 Å². The predicted molar refractivity (Wildman–Crippen MR) is 83.2 cm³/mol. The first-order valence-corrected chi connectivity index (χ1v) is 8.42. The van der Waals surface area contributed by atoms with Crippen LogP contribution in [0.15, 0.2) is 59.9 Å². The third kappa shape index (κ3) is 3.39. The van der Waals surface area contributed by atoms with Crippen molar-refractivity contribution < 1.29 is 21.6 Å². The summed E-state index contributed by atoms with van der Waals surface area (Å²) in [6.45, 7) is 0. The molecular weight excluding hydrogens is 357 g/mol. The summed E-state index contributed by atoms with van der Waals surface area (Å²) in [4.78, 5) is 3.27. The van der Waals surface area contributed by atoms with E-state index in [1.807, 2.05) is 0 Å². The summed E-state index contributed by atoms with van der Waals surface area (Å²) in [7, 11) is -4.46. The Morgan fingerprint density at radius 2 is 1.84 bits per heavy atom. The molecule has 6 nitrogen and oxygen atoms in total. The summed E-state index contributed by atoms with van der Waals surface area (Å²) in [5.41, 5.74) is -1.67. The van der Waals surface area contributed by atoms with E-state index in [1.54, 1.807) is 12.1 Å². The Bertz CT molecular complexity index is 1000. The highest BCUT2D eigenvalue weighted by molar-refractivity contribution is 7.89. The fourth-order valence-corrected chi connectivity index (χ4v) is 3.12. The highest BCUT2D eigenvalue weighted by atomic mass is 32.2. The van der Waals surface area contributed by atoms with Gasteiger partial charge in [0.1, 0.15) is 4.90 Å². The lowest BCUT2D eigenvalue weighted by Crippen LogP contribution is -2.20. The number of sulfonamides is 1. The molecule has 2 heterocycles.